The van der Waals surface area contributed by atoms with Crippen molar-refractivity contribution in [2.45, 2.75) is 19.1 Å². The number of pyridine rings is 1. The molecule has 3 aromatic heterocycles. The van der Waals surface area contributed by atoms with Crippen LogP contribution in [0.25, 0.3) is 16.6 Å². The zero-order valence-corrected chi connectivity index (χ0v) is 14.7. The average Bonchev–Trinajstić information content (AvgIpc) is 3.35. The summed E-state index contributed by atoms with van der Waals surface area (Å²) in [5.74, 6) is 1.24. The lowest BCUT2D eigenvalue weighted by molar-refractivity contribution is 0.125. The van der Waals surface area contributed by atoms with Gasteiger partial charge in [-0.3, -0.25) is 5.10 Å². The number of aromatic amines is 1. The molecule has 2 atom stereocenters. The Kier molecular flexibility index (Phi) is 3.69. The molecule has 1 saturated heterocycles. The summed E-state index contributed by atoms with van der Waals surface area (Å²) in [6.07, 6.45) is -0.536. The van der Waals surface area contributed by atoms with E-state index in [-0.39, 0.29) is 6.04 Å². The van der Waals surface area contributed by atoms with Gasteiger partial charge in [0.1, 0.15) is 5.82 Å². The monoisotopic (exact) mass is 365 g/mol. The van der Waals surface area contributed by atoms with E-state index < -0.39 is 6.10 Å². The standard InChI is InChI=1S/C18H19N7O2/c1-10-12-6-5-11(7-13(12)23-22-10)19-18-21-17-4-2-3-16(25(17)24-18)20-14-8-27-9-15(14)26/h2-7,14-15,20,26H,8-9H2,1H3,(H,19,24)(H,22,23)/t14-,15-/m0/s1. The first-order valence-corrected chi connectivity index (χ1v) is 8.77. The van der Waals surface area contributed by atoms with Crippen molar-refractivity contribution in [1.82, 2.24) is 24.8 Å². The molecule has 1 fully saturated rings. The highest BCUT2D eigenvalue weighted by Crippen LogP contribution is 2.23. The molecule has 1 aliphatic heterocycles. The van der Waals surface area contributed by atoms with Crippen LogP contribution in [-0.2, 0) is 4.74 Å². The van der Waals surface area contributed by atoms with Gasteiger partial charge in [-0.1, -0.05) is 6.07 Å². The van der Waals surface area contributed by atoms with Gasteiger partial charge in [0.05, 0.1) is 36.6 Å². The number of aliphatic hydroxyl groups is 1. The Morgan fingerprint density at radius 3 is 3.04 bits per heavy atom. The van der Waals surface area contributed by atoms with Gasteiger partial charge in [0, 0.05) is 11.1 Å². The molecule has 4 aromatic rings. The molecule has 138 valence electrons. The summed E-state index contributed by atoms with van der Waals surface area (Å²) in [6, 6.07) is 11.5. The number of nitrogens with one attached hydrogen (secondary N) is 3. The number of hydrogen-bond donors (Lipinski definition) is 4. The fourth-order valence-electron chi connectivity index (χ4n) is 3.30. The maximum atomic E-state index is 9.96. The third kappa shape index (κ3) is 2.86. The van der Waals surface area contributed by atoms with Crippen molar-refractivity contribution < 1.29 is 9.84 Å². The van der Waals surface area contributed by atoms with Gasteiger partial charge in [-0.2, -0.15) is 14.6 Å². The Bertz CT molecular complexity index is 1120. The summed E-state index contributed by atoms with van der Waals surface area (Å²) in [4.78, 5) is 4.53. The van der Waals surface area contributed by atoms with E-state index in [4.69, 9.17) is 4.74 Å². The van der Waals surface area contributed by atoms with E-state index in [1.165, 1.54) is 0 Å². The molecule has 0 bridgehead atoms. The van der Waals surface area contributed by atoms with Crippen molar-refractivity contribution in [2.75, 3.05) is 23.8 Å². The molecule has 0 aliphatic carbocycles. The molecule has 9 nitrogen and oxygen atoms in total. The van der Waals surface area contributed by atoms with Gasteiger partial charge in [-0.25, -0.2) is 0 Å². The van der Waals surface area contributed by atoms with E-state index in [1.54, 1.807) is 4.52 Å². The van der Waals surface area contributed by atoms with Gasteiger partial charge < -0.3 is 20.5 Å². The number of rotatable bonds is 4. The second-order valence-electron chi connectivity index (χ2n) is 6.67. The molecule has 27 heavy (non-hydrogen) atoms. The van der Waals surface area contributed by atoms with Crippen LogP contribution >= 0.6 is 0 Å². The molecule has 0 radical (unpaired) electrons. The minimum atomic E-state index is -0.536. The molecule has 4 N–H and O–H groups in total. The van der Waals surface area contributed by atoms with E-state index in [0.717, 1.165) is 28.1 Å². The van der Waals surface area contributed by atoms with Crippen molar-refractivity contribution in [2.24, 2.45) is 0 Å². The first-order chi connectivity index (χ1) is 13.2. The van der Waals surface area contributed by atoms with Gasteiger partial charge >= 0.3 is 0 Å². The molecule has 0 spiro atoms. The van der Waals surface area contributed by atoms with Crippen molar-refractivity contribution in [3.8, 4) is 0 Å². The quantitative estimate of drug-likeness (QED) is 0.436. The number of benzene rings is 1. The van der Waals surface area contributed by atoms with Crippen LogP contribution in [0.1, 0.15) is 5.69 Å². The smallest absolute Gasteiger partial charge is 0.247 e. The average molecular weight is 365 g/mol. The van der Waals surface area contributed by atoms with E-state index in [9.17, 15) is 5.11 Å². The Labute approximate surface area is 154 Å². The minimum absolute atomic E-state index is 0.165. The lowest BCUT2D eigenvalue weighted by atomic mass is 10.2. The summed E-state index contributed by atoms with van der Waals surface area (Å²) in [7, 11) is 0. The molecule has 0 unspecified atom stereocenters. The highest BCUT2D eigenvalue weighted by Gasteiger charge is 2.26. The van der Waals surface area contributed by atoms with Crippen LogP contribution in [0.15, 0.2) is 36.4 Å². The first-order valence-electron chi connectivity index (χ1n) is 8.77. The maximum Gasteiger partial charge on any atom is 0.247 e. The number of ether oxygens (including phenoxy) is 1. The van der Waals surface area contributed by atoms with E-state index in [2.05, 4.69) is 30.9 Å². The summed E-state index contributed by atoms with van der Waals surface area (Å²) in [5, 5.41) is 29.3. The van der Waals surface area contributed by atoms with Gasteiger partial charge in [-0.05, 0) is 37.3 Å². The van der Waals surface area contributed by atoms with Crippen molar-refractivity contribution >= 4 is 34.0 Å². The predicted molar refractivity (Wildman–Crippen MR) is 101 cm³/mol. The fourth-order valence-corrected chi connectivity index (χ4v) is 3.30. The van der Waals surface area contributed by atoms with Gasteiger partial charge in [-0.15, -0.1) is 5.10 Å². The molecule has 0 saturated carbocycles. The molecule has 0 amide bonds. The normalized spacial score (nSPS) is 19.8. The van der Waals surface area contributed by atoms with Crippen LogP contribution in [0.5, 0.6) is 0 Å². The SMILES string of the molecule is Cc1n[nH]c2cc(Nc3nc4cccc(N[C@H]5COC[C@@H]5O)n4n3)ccc12. The molecule has 9 heteroatoms. The number of H-pyrrole nitrogens is 1. The van der Waals surface area contributed by atoms with Crippen LogP contribution in [0.2, 0.25) is 0 Å². The highest BCUT2D eigenvalue weighted by atomic mass is 16.5. The largest absolute Gasteiger partial charge is 0.388 e. The maximum absolute atomic E-state index is 9.96. The van der Waals surface area contributed by atoms with Crippen molar-refractivity contribution in [1.29, 1.82) is 0 Å². The number of nitrogens with zero attached hydrogens (tertiary/aromatic N) is 4. The molecular weight excluding hydrogens is 346 g/mol. The van der Waals surface area contributed by atoms with Crippen molar-refractivity contribution in [3.63, 3.8) is 0 Å². The number of aryl methyl sites for hydroxylation is 1. The topological polar surface area (TPSA) is 112 Å². The number of fused-ring (bicyclic) bond motifs is 2. The summed E-state index contributed by atoms with van der Waals surface area (Å²) in [5.41, 5.74) is 3.50. The lowest BCUT2D eigenvalue weighted by Gasteiger charge is -2.16. The van der Waals surface area contributed by atoms with Crippen LogP contribution < -0.4 is 10.6 Å². The molecule has 1 aliphatic rings. The van der Waals surface area contributed by atoms with Gasteiger partial charge in [0.2, 0.25) is 5.95 Å². The second kappa shape index (κ2) is 6.22. The van der Waals surface area contributed by atoms with Crippen LogP contribution in [0.3, 0.4) is 0 Å². The number of hydrogen-bond acceptors (Lipinski definition) is 7. The summed E-state index contributed by atoms with van der Waals surface area (Å²) < 4.78 is 7.01. The zero-order valence-electron chi connectivity index (χ0n) is 14.7. The fraction of sp³-hybridized carbons (Fsp3) is 0.278. The Morgan fingerprint density at radius 2 is 2.19 bits per heavy atom. The molecule has 4 heterocycles. The predicted octanol–water partition coefficient (Wildman–Crippen LogP) is 1.83. The second-order valence-corrected chi connectivity index (χ2v) is 6.67. The minimum Gasteiger partial charge on any atom is -0.388 e. The number of aliphatic hydroxyl groups excluding tert-OH is 1. The molecular formula is C18H19N7O2. The number of anilines is 3. The van der Waals surface area contributed by atoms with E-state index >= 15 is 0 Å². The summed E-state index contributed by atoms with van der Waals surface area (Å²) >= 11 is 0. The van der Waals surface area contributed by atoms with Gasteiger partial charge in [0.25, 0.3) is 0 Å². The molecule has 5 rings (SSSR count). The first kappa shape index (κ1) is 16.0. The van der Waals surface area contributed by atoms with Crippen molar-refractivity contribution in [3.05, 3.63) is 42.1 Å². The van der Waals surface area contributed by atoms with Crippen LogP contribution in [0, 0.1) is 6.92 Å². The van der Waals surface area contributed by atoms with Gasteiger partial charge in [0.15, 0.2) is 5.65 Å². The highest BCUT2D eigenvalue weighted by molar-refractivity contribution is 5.85. The summed E-state index contributed by atoms with van der Waals surface area (Å²) in [6.45, 7) is 2.77. The number of aromatic nitrogens is 5. The third-order valence-electron chi connectivity index (χ3n) is 4.75. The Hall–Kier alpha value is -3.17. The van der Waals surface area contributed by atoms with E-state index in [0.29, 0.717) is 24.8 Å². The third-order valence-corrected chi connectivity index (χ3v) is 4.75. The van der Waals surface area contributed by atoms with Crippen LogP contribution in [0.4, 0.5) is 17.5 Å². The van der Waals surface area contributed by atoms with E-state index in [1.807, 2.05) is 43.3 Å². The Morgan fingerprint density at radius 1 is 1.26 bits per heavy atom. The zero-order chi connectivity index (χ0) is 18.4. The Balaban J connectivity index is 1.44. The van der Waals surface area contributed by atoms with Crippen LogP contribution in [-0.4, -0.2) is 55.3 Å². The molecule has 1 aromatic carbocycles. The lowest BCUT2D eigenvalue weighted by Crippen LogP contribution is -2.32.